The number of rotatable bonds is 5. The molecule has 2 rings (SSSR count). The van der Waals surface area contributed by atoms with Gasteiger partial charge >= 0.3 is 0 Å². The molecule has 0 heterocycles. The number of halogens is 3. The van der Waals surface area contributed by atoms with Gasteiger partial charge in [-0.3, -0.25) is 0 Å². The first kappa shape index (κ1) is 14.1. The number of hydrogen-bond donors (Lipinski definition) is 1. The van der Waals surface area contributed by atoms with Crippen molar-refractivity contribution in [2.75, 3.05) is 0 Å². The highest BCUT2D eigenvalue weighted by atomic mass is 35.5. The molecule has 1 aliphatic rings. The lowest BCUT2D eigenvalue weighted by Gasteiger charge is -2.21. The SMILES string of the molecule is CC(CC1CC1)NC(C)c1cc(F)c(Cl)cc1Cl. The van der Waals surface area contributed by atoms with E-state index in [4.69, 9.17) is 23.2 Å². The summed E-state index contributed by atoms with van der Waals surface area (Å²) in [5, 5.41) is 4.05. The first-order valence-corrected chi connectivity index (χ1v) is 7.13. The van der Waals surface area contributed by atoms with Gasteiger partial charge < -0.3 is 5.32 Å². The fraction of sp³-hybridized carbons (Fsp3) is 0.571. The van der Waals surface area contributed by atoms with E-state index in [1.807, 2.05) is 6.92 Å². The molecule has 100 valence electrons. The van der Waals surface area contributed by atoms with Crippen LogP contribution in [-0.2, 0) is 0 Å². The first-order chi connectivity index (χ1) is 8.47. The van der Waals surface area contributed by atoms with Crippen molar-refractivity contribution in [1.82, 2.24) is 5.32 Å². The molecule has 0 radical (unpaired) electrons. The van der Waals surface area contributed by atoms with Gasteiger partial charge in [0.25, 0.3) is 0 Å². The maximum absolute atomic E-state index is 13.5. The molecule has 1 aromatic carbocycles. The number of hydrogen-bond acceptors (Lipinski definition) is 1. The summed E-state index contributed by atoms with van der Waals surface area (Å²) in [6.07, 6.45) is 3.87. The molecular formula is C14H18Cl2FN. The molecule has 2 unspecified atom stereocenters. The van der Waals surface area contributed by atoms with Crippen molar-refractivity contribution >= 4 is 23.2 Å². The van der Waals surface area contributed by atoms with E-state index >= 15 is 0 Å². The zero-order valence-electron chi connectivity index (χ0n) is 10.6. The summed E-state index contributed by atoms with van der Waals surface area (Å²) < 4.78 is 13.5. The molecule has 1 nitrogen and oxygen atoms in total. The molecule has 1 aliphatic carbocycles. The molecule has 1 fully saturated rings. The zero-order valence-corrected chi connectivity index (χ0v) is 12.2. The molecule has 0 spiro atoms. The Morgan fingerprint density at radius 3 is 2.56 bits per heavy atom. The first-order valence-electron chi connectivity index (χ1n) is 6.38. The second kappa shape index (κ2) is 5.77. The van der Waals surface area contributed by atoms with Crippen LogP contribution in [0.3, 0.4) is 0 Å². The highest BCUT2D eigenvalue weighted by Gasteiger charge is 2.24. The van der Waals surface area contributed by atoms with Crippen LogP contribution in [-0.4, -0.2) is 6.04 Å². The molecule has 18 heavy (non-hydrogen) atoms. The molecule has 0 bridgehead atoms. The molecule has 4 heteroatoms. The monoisotopic (exact) mass is 289 g/mol. The average Bonchev–Trinajstić information content (AvgIpc) is 3.06. The topological polar surface area (TPSA) is 12.0 Å². The van der Waals surface area contributed by atoms with Crippen molar-refractivity contribution in [3.63, 3.8) is 0 Å². The van der Waals surface area contributed by atoms with Gasteiger partial charge in [-0.15, -0.1) is 0 Å². The minimum atomic E-state index is -0.417. The lowest BCUT2D eigenvalue weighted by Crippen LogP contribution is -2.29. The van der Waals surface area contributed by atoms with Crippen molar-refractivity contribution in [3.05, 3.63) is 33.6 Å². The van der Waals surface area contributed by atoms with Crippen LogP contribution in [0, 0.1) is 11.7 Å². The standard InChI is InChI=1S/C14H18Cl2FN/c1-8(5-10-3-4-10)18-9(2)11-6-14(17)13(16)7-12(11)15/h6-10,18H,3-5H2,1-2H3. The Bertz CT molecular complexity index is 432. The van der Waals surface area contributed by atoms with E-state index in [2.05, 4.69) is 12.2 Å². The van der Waals surface area contributed by atoms with Gasteiger partial charge in [0.2, 0.25) is 0 Å². The van der Waals surface area contributed by atoms with Gasteiger partial charge in [0.1, 0.15) is 5.82 Å². The maximum atomic E-state index is 13.5. The molecule has 1 saturated carbocycles. The molecule has 2 atom stereocenters. The molecule has 0 amide bonds. The summed E-state index contributed by atoms with van der Waals surface area (Å²) in [6.45, 7) is 4.16. The van der Waals surface area contributed by atoms with Gasteiger partial charge in [-0.2, -0.15) is 0 Å². The Morgan fingerprint density at radius 1 is 1.28 bits per heavy atom. The summed E-state index contributed by atoms with van der Waals surface area (Å²) in [6, 6.07) is 3.34. The van der Waals surface area contributed by atoms with Gasteiger partial charge in [-0.1, -0.05) is 36.0 Å². The number of benzene rings is 1. The van der Waals surface area contributed by atoms with E-state index in [9.17, 15) is 4.39 Å². The third-order valence-corrected chi connectivity index (χ3v) is 4.04. The fourth-order valence-electron chi connectivity index (χ4n) is 2.31. The second-order valence-electron chi connectivity index (χ2n) is 5.26. The van der Waals surface area contributed by atoms with Gasteiger partial charge in [-0.25, -0.2) is 4.39 Å². The number of nitrogens with one attached hydrogen (secondary N) is 1. The summed E-state index contributed by atoms with van der Waals surface area (Å²) in [5.41, 5.74) is 0.765. The Hall–Kier alpha value is -0.310. The maximum Gasteiger partial charge on any atom is 0.142 e. The van der Waals surface area contributed by atoms with E-state index in [1.165, 1.54) is 31.4 Å². The Labute approximate surface area is 118 Å². The van der Waals surface area contributed by atoms with Crippen LogP contribution in [0.5, 0.6) is 0 Å². The van der Waals surface area contributed by atoms with Crippen LogP contribution >= 0.6 is 23.2 Å². The predicted octanol–water partition coefficient (Wildman–Crippen LogP) is 4.97. The van der Waals surface area contributed by atoms with Gasteiger partial charge in [0.05, 0.1) is 5.02 Å². The zero-order chi connectivity index (χ0) is 13.3. The Kier molecular flexibility index (Phi) is 4.52. The molecule has 0 aliphatic heterocycles. The average molecular weight is 290 g/mol. The third-order valence-electron chi connectivity index (χ3n) is 3.42. The molecule has 1 N–H and O–H groups in total. The summed E-state index contributed by atoms with van der Waals surface area (Å²) in [5.74, 6) is 0.455. The lowest BCUT2D eigenvalue weighted by atomic mass is 10.1. The van der Waals surface area contributed by atoms with Crippen LogP contribution in [0.25, 0.3) is 0 Å². The summed E-state index contributed by atoms with van der Waals surface area (Å²) >= 11 is 11.8. The molecule has 0 aromatic heterocycles. The Morgan fingerprint density at radius 2 is 1.94 bits per heavy atom. The molecular weight excluding hydrogens is 272 g/mol. The highest BCUT2D eigenvalue weighted by molar-refractivity contribution is 6.35. The smallest absolute Gasteiger partial charge is 0.142 e. The van der Waals surface area contributed by atoms with Gasteiger partial charge in [-0.05, 0) is 43.9 Å². The quantitative estimate of drug-likeness (QED) is 0.755. The van der Waals surface area contributed by atoms with Crippen LogP contribution in [0.4, 0.5) is 4.39 Å². The highest BCUT2D eigenvalue weighted by Crippen LogP contribution is 2.34. The van der Waals surface area contributed by atoms with E-state index in [0.717, 1.165) is 11.5 Å². The van der Waals surface area contributed by atoms with Crippen LogP contribution in [0.15, 0.2) is 12.1 Å². The van der Waals surface area contributed by atoms with Crippen molar-refractivity contribution in [2.45, 2.75) is 45.2 Å². The van der Waals surface area contributed by atoms with E-state index in [0.29, 0.717) is 11.1 Å². The summed E-state index contributed by atoms with van der Waals surface area (Å²) in [7, 11) is 0. The largest absolute Gasteiger partial charge is 0.308 e. The van der Waals surface area contributed by atoms with Crippen molar-refractivity contribution in [1.29, 1.82) is 0 Å². The van der Waals surface area contributed by atoms with Crippen LogP contribution in [0.1, 0.15) is 44.7 Å². The van der Waals surface area contributed by atoms with Crippen molar-refractivity contribution in [2.24, 2.45) is 5.92 Å². The fourth-order valence-corrected chi connectivity index (χ4v) is 2.85. The minimum absolute atomic E-state index is 0.0259. The normalized spacial score (nSPS) is 18.7. The van der Waals surface area contributed by atoms with E-state index in [-0.39, 0.29) is 11.1 Å². The third kappa shape index (κ3) is 3.59. The van der Waals surface area contributed by atoms with E-state index in [1.54, 1.807) is 0 Å². The second-order valence-corrected chi connectivity index (χ2v) is 6.07. The Balaban J connectivity index is 2.02. The minimum Gasteiger partial charge on any atom is -0.308 e. The summed E-state index contributed by atoms with van der Waals surface area (Å²) in [4.78, 5) is 0. The van der Waals surface area contributed by atoms with Crippen LogP contribution in [0.2, 0.25) is 10.0 Å². The predicted molar refractivity (Wildman–Crippen MR) is 74.8 cm³/mol. The molecule has 1 aromatic rings. The van der Waals surface area contributed by atoms with E-state index < -0.39 is 5.82 Å². The van der Waals surface area contributed by atoms with Gasteiger partial charge in [0, 0.05) is 17.1 Å². The lowest BCUT2D eigenvalue weighted by molar-refractivity contribution is 0.437. The van der Waals surface area contributed by atoms with Gasteiger partial charge in [0.15, 0.2) is 0 Å². The van der Waals surface area contributed by atoms with Crippen molar-refractivity contribution in [3.8, 4) is 0 Å². The van der Waals surface area contributed by atoms with Crippen LogP contribution < -0.4 is 5.32 Å². The molecule has 0 saturated heterocycles. The van der Waals surface area contributed by atoms with Crippen molar-refractivity contribution < 1.29 is 4.39 Å².